The summed E-state index contributed by atoms with van der Waals surface area (Å²) in [6, 6.07) is 10.8. The van der Waals surface area contributed by atoms with Gasteiger partial charge in [-0.1, -0.05) is 75.4 Å². The maximum absolute atomic E-state index is 4.43. The zero-order valence-corrected chi connectivity index (χ0v) is 16.3. The van der Waals surface area contributed by atoms with E-state index in [-0.39, 0.29) is 0 Å². The van der Waals surface area contributed by atoms with E-state index in [1.165, 1.54) is 49.7 Å². The van der Waals surface area contributed by atoms with Gasteiger partial charge in [-0.05, 0) is 78.6 Å². The molecule has 25 heavy (non-hydrogen) atoms. The van der Waals surface area contributed by atoms with E-state index in [1.807, 2.05) is 0 Å². The predicted molar refractivity (Wildman–Crippen MR) is 108 cm³/mol. The van der Waals surface area contributed by atoms with Crippen molar-refractivity contribution < 1.29 is 0 Å². The number of hydrogen-bond acceptors (Lipinski definition) is 0. The van der Waals surface area contributed by atoms with Crippen molar-refractivity contribution in [3.8, 4) is 0 Å². The van der Waals surface area contributed by atoms with Crippen LogP contribution in [0.5, 0.6) is 0 Å². The highest BCUT2D eigenvalue weighted by atomic mass is 14.6. The molecule has 0 aromatic heterocycles. The van der Waals surface area contributed by atoms with Gasteiger partial charge in [-0.15, -0.1) is 0 Å². The standard InChI is InChI=1S/C25H34/c1-18-10-14-21-22(24(18,2)3)16-17-25(4)20(13-15-23(21)25)12-11-19-8-6-5-7-9-19/h5-9,11-12,20-23H,1,10,13-17H2,2-4H3/b12-11+/t20-,21+,22?,23?,25+/m0/s1. The Morgan fingerprint density at radius 1 is 0.960 bits per heavy atom. The summed E-state index contributed by atoms with van der Waals surface area (Å²) in [5, 5.41) is 0. The molecular formula is C25H34. The molecule has 1 aromatic carbocycles. The monoisotopic (exact) mass is 334 g/mol. The molecule has 0 aliphatic heterocycles. The third-order valence-electron chi connectivity index (χ3n) is 8.45. The number of fused-ring (bicyclic) bond motifs is 3. The summed E-state index contributed by atoms with van der Waals surface area (Å²) >= 11 is 0. The quantitative estimate of drug-likeness (QED) is 0.504. The fourth-order valence-corrected chi connectivity index (χ4v) is 6.66. The first-order valence-electron chi connectivity index (χ1n) is 10.3. The lowest BCUT2D eigenvalue weighted by atomic mass is 9.49. The van der Waals surface area contributed by atoms with Crippen molar-refractivity contribution in [3.63, 3.8) is 0 Å². The van der Waals surface area contributed by atoms with E-state index < -0.39 is 0 Å². The van der Waals surface area contributed by atoms with Crippen molar-refractivity contribution >= 4 is 6.08 Å². The molecule has 0 radical (unpaired) electrons. The van der Waals surface area contributed by atoms with Gasteiger partial charge in [0.05, 0.1) is 0 Å². The first kappa shape index (κ1) is 17.1. The van der Waals surface area contributed by atoms with E-state index in [0.29, 0.717) is 10.8 Å². The van der Waals surface area contributed by atoms with E-state index >= 15 is 0 Å². The summed E-state index contributed by atoms with van der Waals surface area (Å²) in [6.07, 6.45) is 13.2. The van der Waals surface area contributed by atoms with Crippen molar-refractivity contribution in [2.45, 2.75) is 59.3 Å². The summed E-state index contributed by atoms with van der Waals surface area (Å²) in [5.41, 5.74) is 3.72. The van der Waals surface area contributed by atoms with Gasteiger partial charge in [0.15, 0.2) is 0 Å². The first-order chi connectivity index (χ1) is 11.9. The molecule has 0 spiro atoms. The SMILES string of the molecule is C=C1CC[C@@H]2C(CC[C@@]3(C)C2CC[C@@H]3/C=C/c2ccccc2)C1(C)C. The molecule has 1 aromatic rings. The van der Waals surface area contributed by atoms with Crippen LogP contribution in [0.1, 0.15) is 64.9 Å². The van der Waals surface area contributed by atoms with Gasteiger partial charge in [0.2, 0.25) is 0 Å². The Morgan fingerprint density at radius 2 is 1.72 bits per heavy atom. The van der Waals surface area contributed by atoms with Gasteiger partial charge in [0.25, 0.3) is 0 Å². The second kappa shape index (κ2) is 6.15. The summed E-state index contributed by atoms with van der Waals surface area (Å²) in [6.45, 7) is 12.0. The molecule has 0 heteroatoms. The lowest BCUT2D eigenvalue weighted by Crippen LogP contribution is -2.48. The van der Waals surface area contributed by atoms with Gasteiger partial charge < -0.3 is 0 Å². The second-order valence-electron chi connectivity index (χ2n) is 9.74. The highest BCUT2D eigenvalue weighted by Crippen LogP contribution is 2.65. The topological polar surface area (TPSA) is 0 Å². The van der Waals surface area contributed by atoms with Gasteiger partial charge in [-0.2, -0.15) is 0 Å². The van der Waals surface area contributed by atoms with Gasteiger partial charge in [-0.3, -0.25) is 0 Å². The Balaban J connectivity index is 1.56. The molecular weight excluding hydrogens is 300 g/mol. The smallest absolute Gasteiger partial charge is 0.0116 e. The molecule has 3 fully saturated rings. The van der Waals surface area contributed by atoms with Gasteiger partial charge in [-0.25, -0.2) is 0 Å². The van der Waals surface area contributed by atoms with E-state index in [2.05, 4.69) is 69.8 Å². The molecule has 0 nitrogen and oxygen atoms in total. The number of benzene rings is 1. The Kier molecular flexibility index (Phi) is 4.21. The third kappa shape index (κ3) is 2.73. The Hall–Kier alpha value is -1.30. The lowest BCUT2D eigenvalue weighted by Gasteiger charge is -2.56. The summed E-state index contributed by atoms with van der Waals surface area (Å²) in [5.74, 6) is 3.47. The van der Waals surface area contributed by atoms with E-state index in [4.69, 9.17) is 0 Å². The fourth-order valence-electron chi connectivity index (χ4n) is 6.66. The van der Waals surface area contributed by atoms with Crippen LogP contribution < -0.4 is 0 Å². The zero-order valence-electron chi connectivity index (χ0n) is 16.3. The third-order valence-corrected chi connectivity index (χ3v) is 8.45. The van der Waals surface area contributed by atoms with Crippen LogP contribution in [0.3, 0.4) is 0 Å². The van der Waals surface area contributed by atoms with Gasteiger partial charge >= 0.3 is 0 Å². The Labute approximate surface area is 154 Å². The minimum absolute atomic E-state index is 0.349. The van der Waals surface area contributed by atoms with Crippen LogP contribution in [-0.2, 0) is 0 Å². The number of hydrogen-bond donors (Lipinski definition) is 0. The molecule has 5 atom stereocenters. The van der Waals surface area contributed by atoms with Crippen molar-refractivity contribution in [2.75, 3.05) is 0 Å². The number of rotatable bonds is 2. The molecule has 3 aliphatic carbocycles. The molecule has 0 amide bonds. The maximum atomic E-state index is 4.43. The highest BCUT2D eigenvalue weighted by molar-refractivity contribution is 5.49. The van der Waals surface area contributed by atoms with Crippen LogP contribution in [0, 0.1) is 34.5 Å². The first-order valence-corrected chi connectivity index (χ1v) is 10.3. The van der Waals surface area contributed by atoms with Crippen molar-refractivity contribution in [2.24, 2.45) is 34.5 Å². The van der Waals surface area contributed by atoms with Crippen LogP contribution in [0.4, 0.5) is 0 Å². The summed E-state index contributed by atoms with van der Waals surface area (Å²) in [4.78, 5) is 0. The Bertz CT molecular complexity index is 665. The van der Waals surface area contributed by atoms with Crippen LogP contribution >= 0.6 is 0 Å². The maximum Gasteiger partial charge on any atom is -0.0116 e. The molecule has 0 bridgehead atoms. The van der Waals surface area contributed by atoms with Gasteiger partial charge in [0.1, 0.15) is 0 Å². The fraction of sp³-hybridized carbons (Fsp3) is 0.600. The average molecular weight is 335 g/mol. The molecule has 3 aliphatic rings. The average Bonchev–Trinajstić information content (AvgIpc) is 2.94. The second-order valence-corrected chi connectivity index (χ2v) is 9.74. The molecule has 0 heterocycles. The van der Waals surface area contributed by atoms with E-state index in [0.717, 1.165) is 23.7 Å². The highest BCUT2D eigenvalue weighted by Gasteiger charge is 2.56. The van der Waals surface area contributed by atoms with Crippen LogP contribution in [0.25, 0.3) is 6.08 Å². The van der Waals surface area contributed by atoms with Crippen LogP contribution in [-0.4, -0.2) is 0 Å². The van der Waals surface area contributed by atoms with Crippen molar-refractivity contribution in [3.05, 3.63) is 54.1 Å². The summed E-state index contributed by atoms with van der Waals surface area (Å²) < 4.78 is 0. The van der Waals surface area contributed by atoms with E-state index in [9.17, 15) is 0 Å². The largest absolute Gasteiger partial charge is 0.0993 e. The van der Waals surface area contributed by atoms with Crippen LogP contribution in [0.15, 0.2) is 48.6 Å². The molecule has 3 saturated carbocycles. The minimum atomic E-state index is 0.349. The Morgan fingerprint density at radius 3 is 2.48 bits per heavy atom. The predicted octanol–water partition coefficient (Wildman–Crippen LogP) is 7.13. The molecule has 4 rings (SSSR count). The van der Waals surface area contributed by atoms with Crippen molar-refractivity contribution in [1.29, 1.82) is 0 Å². The lowest BCUT2D eigenvalue weighted by molar-refractivity contribution is -0.0340. The van der Waals surface area contributed by atoms with Crippen LogP contribution in [0.2, 0.25) is 0 Å². The molecule has 134 valence electrons. The van der Waals surface area contributed by atoms with Crippen molar-refractivity contribution in [1.82, 2.24) is 0 Å². The molecule has 0 saturated heterocycles. The zero-order chi connectivity index (χ0) is 17.7. The normalized spacial score (nSPS) is 40.0. The van der Waals surface area contributed by atoms with Gasteiger partial charge in [0, 0.05) is 0 Å². The summed E-state index contributed by atoms with van der Waals surface area (Å²) in [7, 11) is 0. The number of allylic oxidation sites excluding steroid dienone is 2. The minimum Gasteiger partial charge on any atom is -0.0993 e. The molecule has 2 unspecified atom stereocenters. The molecule has 0 N–H and O–H groups in total. The van der Waals surface area contributed by atoms with E-state index in [1.54, 1.807) is 0 Å².